The SMILES string of the molecule is Cc1cc(C(=O)N2CCOc3ccc(CN4CCOCC4)cc3C2)c2cccc(C)c2n1. The van der Waals surface area contributed by atoms with Crippen molar-refractivity contribution in [2.75, 3.05) is 39.5 Å². The number of aromatic nitrogens is 1. The van der Waals surface area contributed by atoms with Crippen molar-refractivity contribution in [3.63, 3.8) is 0 Å². The first-order chi connectivity index (χ1) is 15.6. The highest BCUT2D eigenvalue weighted by molar-refractivity contribution is 6.06. The van der Waals surface area contributed by atoms with Crippen molar-refractivity contribution in [2.24, 2.45) is 0 Å². The highest BCUT2D eigenvalue weighted by Gasteiger charge is 2.24. The smallest absolute Gasteiger partial charge is 0.255 e. The maximum atomic E-state index is 13.7. The number of ether oxygens (including phenoxy) is 2. The van der Waals surface area contributed by atoms with Crippen LogP contribution in [0.4, 0.5) is 0 Å². The zero-order valence-corrected chi connectivity index (χ0v) is 18.8. The van der Waals surface area contributed by atoms with Crippen LogP contribution in [0.1, 0.15) is 32.7 Å². The molecule has 1 saturated heterocycles. The Hall–Kier alpha value is -2.96. The molecule has 32 heavy (non-hydrogen) atoms. The van der Waals surface area contributed by atoms with Crippen LogP contribution in [0, 0.1) is 13.8 Å². The van der Waals surface area contributed by atoms with Gasteiger partial charge in [0, 0.05) is 42.8 Å². The fourth-order valence-corrected chi connectivity index (χ4v) is 4.60. The Balaban J connectivity index is 1.43. The molecular weight excluding hydrogens is 402 g/mol. The number of pyridine rings is 1. The van der Waals surface area contributed by atoms with Crippen molar-refractivity contribution in [2.45, 2.75) is 26.9 Å². The average molecular weight is 432 g/mol. The van der Waals surface area contributed by atoms with Crippen molar-refractivity contribution < 1.29 is 14.3 Å². The predicted molar refractivity (Wildman–Crippen MR) is 124 cm³/mol. The molecule has 2 aliphatic heterocycles. The Labute approximate surface area is 188 Å². The quantitative estimate of drug-likeness (QED) is 0.633. The zero-order chi connectivity index (χ0) is 22.1. The molecule has 0 atom stereocenters. The zero-order valence-electron chi connectivity index (χ0n) is 18.8. The molecule has 0 bridgehead atoms. The molecule has 6 nitrogen and oxygen atoms in total. The molecule has 0 radical (unpaired) electrons. The largest absolute Gasteiger partial charge is 0.491 e. The van der Waals surface area contributed by atoms with E-state index in [4.69, 9.17) is 9.47 Å². The number of carbonyl (C=O) groups excluding carboxylic acids is 1. The molecule has 0 unspecified atom stereocenters. The number of hydrogen-bond acceptors (Lipinski definition) is 5. The summed E-state index contributed by atoms with van der Waals surface area (Å²) >= 11 is 0. The molecule has 5 rings (SSSR count). The van der Waals surface area contributed by atoms with Gasteiger partial charge in [0.1, 0.15) is 12.4 Å². The maximum absolute atomic E-state index is 13.7. The van der Waals surface area contributed by atoms with Gasteiger partial charge in [-0.15, -0.1) is 0 Å². The van der Waals surface area contributed by atoms with E-state index in [2.05, 4.69) is 28.1 Å². The fourth-order valence-electron chi connectivity index (χ4n) is 4.60. The number of amides is 1. The van der Waals surface area contributed by atoms with Crippen molar-refractivity contribution in [1.82, 2.24) is 14.8 Å². The van der Waals surface area contributed by atoms with Gasteiger partial charge in [0.15, 0.2) is 0 Å². The second-order valence-electron chi connectivity index (χ2n) is 8.69. The van der Waals surface area contributed by atoms with Gasteiger partial charge in [-0.1, -0.05) is 24.3 Å². The Morgan fingerprint density at radius 1 is 1.03 bits per heavy atom. The third-order valence-electron chi connectivity index (χ3n) is 6.30. The van der Waals surface area contributed by atoms with E-state index in [-0.39, 0.29) is 5.91 Å². The Kier molecular flexibility index (Phi) is 5.81. The van der Waals surface area contributed by atoms with Crippen LogP contribution in [-0.2, 0) is 17.8 Å². The molecule has 1 aromatic heterocycles. The summed E-state index contributed by atoms with van der Waals surface area (Å²) in [5.41, 5.74) is 5.85. The monoisotopic (exact) mass is 431 g/mol. The van der Waals surface area contributed by atoms with Crippen LogP contribution >= 0.6 is 0 Å². The third kappa shape index (κ3) is 4.20. The van der Waals surface area contributed by atoms with Gasteiger partial charge in [-0.3, -0.25) is 14.7 Å². The van der Waals surface area contributed by atoms with E-state index in [0.29, 0.717) is 25.3 Å². The first-order valence-corrected chi connectivity index (χ1v) is 11.3. The lowest BCUT2D eigenvalue weighted by Gasteiger charge is -2.27. The number of nitrogens with zero attached hydrogens (tertiary/aromatic N) is 3. The molecule has 2 aromatic carbocycles. The van der Waals surface area contributed by atoms with Crippen molar-refractivity contribution in [1.29, 1.82) is 0 Å². The van der Waals surface area contributed by atoms with Gasteiger partial charge in [-0.2, -0.15) is 0 Å². The summed E-state index contributed by atoms with van der Waals surface area (Å²) in [4.78, 5) is 22.6. The minimum atomic E-state index is 0.0288. The average Bonchev–Trinajstić information content (AvgIpc) is 3.01. The van der Waals surface area contributed by atoms with Crippen molar-refractivity contribution >= 4 is 16.8 Å². The van der Waals surface area contributed by atoms with E-state index in [1.807, 2.05) is 43.0 Å². The number of hydrogen-bond donors (Lipinski definition) is 0. The highest BCUT2D eigenvalue weighted by atomic mass is 16.5. The van der Waals surface area contributed by atoms with E-state index in [1.54, 1.807) is 0 Å². The molecule has 2 aliphatic rings. The number of rotatable bonds is 3. The standard InChI is InChI=1S/C26H29N3O3/c1-18-4-3-5-22-23(14-19(2)27-25(18)22)26(30)29-10-13-32-24-7-6-20(15-21(24)17-29)16-28-8-11-31-12-9-28/h3-7,14-15H,8-13,16-17H2,1-2H3. The molecule has 3 heterocycles. The topological polar surface area (TPSA) is 54.9 Å². The first-order valence-electron chi connectivity index (χ1n) is 11.3. The summed E-state index contributed by atoms with van der Waals surface area (Å²) in [5, 5.41) is 0.909. The number of morpholine rings is 1. The first kappa shape index (κ1) is 20.9. The second kappa shape index (κ2) is 8.88. The molecule has 1 amide bonds. The van der Waals surface area contributed by atoms with Gasteiger partial charge >= 0.3 is 0 Å². The molecule has 0 saturated carbocycles. The minimum absolute atomic E-state index is 0.0288. The lowest BCUT2D eigenvalue weighted by Crippen LogP contribution is -2.35. The van der Waals surface area contributed by atoms with Gasteiger partial charge in [0.25, 0.3) is 5.91 Å². The summed E-state index contributed by atoms with van der Waals surface area (Å²) in [7, 11) is 0. The molecule has 1 fully saturated rings. The van der Waals surface area contributed by atoms with Gasteiger partial charge in [0.2, 0.25) is 0 Å². The number of carbonyl (C=O) groups is 1. The van der Waals surface area contributed by atoms with Crippen LogP contribution < -0.4 is 4.74 Å². The number of fused-ring (bicyclic) bond motifs is 2. The van der Waals surface area contributed by atoms with E-state index in [1.165, 1.54) is 5.56 Å². The van der Waals surface area contributed by atoms with Gasteiger partial charge < -0.3 is 14.4 Å². The van der Waals surface area contributed by atoms with Crippen LogP contribution in [0.15, 0.2) is 42.5 Å². The molecule has 0 spiro atoms. The van der Waals surface area contributed by atoms with Crippen molar-refractivity contribution in [3.8, 4) is 5.75 Å². The summed E-state index contributed by atoms with van der Waals surface area (Å²) in [6.45, 7) is 9.93. The molecule has 3 aromatic rings. The predicted octanol–water partition coefficient (Wildman–Crippen LogP) is 3.72. The van der Waals surface area contributed by atoms with E-state index < -0.39 is 0 Å². The van der Waals surface area contributed by atoms with E-state index in [9.17, 15) is 4.79 Å². The number of benzene rings is 2. The Morgan fingerprint density at radius 3 is 2.72 bits per heavy atom. The van der Waals surface area contributed by atoms with Crippen LogP contribution in [0.2, 0.25) is 0 Å². The highest BCUT2D eigenvalue weighted by Crippen LogP contribution is 2.28. The van der Waals surface area contributed by atoms with Crippen LogP contribution in [0.25, 0.3) is 10.9 Å². The van der Waals surface area contributed by atoms with Gasteiger partial charge in [0.05, 0.1) is 30.8 Å². The Morgan fingerprint density at radius 2 is 1.88 bits per heavy atom. The normalized spacial score (nSPS) is 17.0. The lowest BCUT2D eigenvalue weighted by atomic mass is 10.0. The van der Waals surface area contributed by atoms with Crippen LogP contribution in [0.3, 0.4) is 0 Å². The van der Waals surface area contributed by atoms with Crippen LogP contribution in [0.5, 0.6) is 5.75 Å². The maximum Gasteiger partial charge on any atom is 0.255 e. The van der Waals surface area contributed by atoms with Gasteiger partial charge in [-0.05, 0) is 43.2 Å². The lowest BCUT2D eigenvalue weighted by molar-refractivity contribution is 0.0341. The molecule has 6 heteroatoms. The number of para-hydroxylation sites is 1. The minimum Gasteiger partial charge on any atom is -0.491 e. The summed E-state index contributed by atoms with van der Waals surface area (Å²) in [6, 6.07) is 14.3. The van der Waals surface area contributed by atoms with Crippen LogP contribution in [-0.4, -0.2) is 60.1 Å². The summed E-state index contributed by atoms with van der Waals surface area (Å²) in [6.07, 6.45) is 0. The van der Waals surface area contributed by atoms with E-state index >= 15 is 0 Å². The molecule has 166 valence electrons. The Bertz CT molecular complexity index is 1150. The molecule has 0 N–H and O–H groups in total. The fraction of sp³-hybridized carbons (Fsp3) is 0.385. The molecule has 0 aliphatic carbocycles. The summed E-state index contributed by atoms with van der Waals surface area (Å²) < 4.78 is 11.5. The molecular formula is C26H29N3O3. The van der Waals surface area contributed by atoms with Gasteiger partial charge in [-0.25, -0.2) is 0 Å². The van der Waals surface area contributed by atoms with E-state index in [0.717, 1.165) is 66.3 Å². The summed E-state index contributed by atoms with van der Waals surface area (Å²) in [5.74, 6) is 0.902. The van der Waals surface area contributed by atoms with Crippen molar-refractivity contribution in [3.05, 3.63) is 70.4 Å². The third-order valence-corrected chi connectivity index (χ3v) is 6.30. The number of aryl methyl sites for hydroxylation is 2. The second-order valence-corrected chi connectivity index (χ2v) is 8.69.